The number of piperidine rings is 1. The third-order valence-corrected chi connectivity index (χ3v) is 7.02. The van der Waals surface area contributed by atoms with E-state index in [1.165, 1.54) is 47.6 Å². The third kappa shape index (κ3) is 5.07. The molecule has 2 aromatic rings. The molecule has 154 valence electrons. The molecule has 1 aliphatic heterocycles. The first-order valence-corrected chi connectivity index (χ1v) is 10.8. The molecule has 1 saturated heterocycles. The van der Waals surface area contributed by atoms with Crippen molar-refractivity contribution in [2.45, 2.75) is 31.2 Å². The number of carbonyl (C=O) groups is 2. The van der Waals surface area contributed by atoms with Crippen molar-refractivity contribution in [2.24, 2.45) is 5.92 Å². The fourth-order valence-electron chi connectivity index (χ4n) is 3.30. The van der Waals surface area contributed by atoms with Crippen molar-refractivity contribution in [1.82, 2.24) is 9.62 Å². The van der Waals surface area contributed by atoms with E-state index in [4.69, 9.17) is 0 Å². The SMILES string of the molecule is CC(=O)c1ccc(S(=O)(=O)N2CCC(C(=O)NCc3ccc(F)cc3)CC2)cc1. The quantitative estimate of drug-likeness (QED) is 0.731. The number of rotatable bonds is 6. The monoisotopic (exact) mass is 418 g/mol. The van der Waals surface area contributed by atoms with Crippen LogP contribution in [0.15, 0.2) is 53.4 Å². The molecule has 0 spiro atoms. The molecular formula is C21H23FN2O4S. The summed E-state index contributed by atoms with van der Waals surface area (Å²) in [6.45, 7) is 2.24. The minimum atomic E-state index is -3.66. The summed E-state index contributed by atoms with van der Waals surface area (Å²) in [5.74, 6) is -0.842. The Bertz CT molecular complexity index is 980. The number of nitrogens with zero attached hydrogens (tertiary/aromatic N) is 1. The van der Waals surface area contributed by atoms with Gasteiger partial charge in [0.15, 0.2) is 5.78 Å². The fourth-order valence-corrected chi connectivity index (χ4v) is 4.77. The molecule has 1 N–H and O–H groups in total. The molecule has 2 aromatic carbocycles. The molecule has 1 heterocycles. The lowest BCUT2D eigenvalue weighted by atomic mass is 9.97. The summed E-state index contributed by atoms with van der Waals surface area (Å²) in [6, 6.07) is 11.8. The van der Waals surface area contributed by atoms with Gasteiger partial charge < -0.3 is 5.32 Å². The van der Waals surface area contributed by atoms with Crippen LogP contribution in [0.4, 0.5) is 4.39 Å². The topological polar surface area (TPSA) is 83.6 Å². The second-order valence-electron chi connectivity index (χ2n) is 7.10. The van der Waals surface area contributed by atoms with Crippen LogP contribution in [-0.4, -0.2) is 37.5 Å². The Kier molecular flexibility index (Phi) is 6.44. The van der Waals surface area contributed by atoms with Crippen LogP contribution in [-0.2, 0) is 21.4 Å². The average molecular weight is 418 g/mol. The number of ketones is 1. The van der Waals surface area contributed by atoms with E-state index in [2.05, 4.69) is 5.32 Å². The van der Waals surface area contributed by atoms with Crippen LogP contribution in [0, 0.1) is 11.7 Å². The lowest BCUT2D eigenvalue weighted by Gasteiger charge is -2.30. The number of hydrogen-bond donors (Lipinski definition) is 1. The Hall–Kier alpha value is -2.58. The van der Waals surface area contributed by atoms with Gasteiger partial charge in [0, 0.05) is 31.1 Å². The molecule has 0 aromatic heterocycles. The summed E-state index contributed by atoms with van der Waals surface area (Å²) in [5.41, 5.74) is 1.26. The molecule has 29 heavy (non-hydrogen) atoms. The molecule has 1 amide bonds. The van der Waals surface area contributed by atoms with Gasteiger partial charge in [0.05, 0.1) is 4.90 Å². The van der Waals surface area contributed by atoms with Crippen molar-refractivity contribution in [2.75, 3.05) is 13.1 Å². The largest absolute Gasteiger partial charge is 0.352 e. The van der Waals surface area contributed by atoms with E-state index in [1.54, 1.807) is 12.1 Å². The minimum Gasteiger partial charge on any atom is -0.352 e. The number of Topliss-reactive ketones (excluding diaryl/α,β-unsaturated/α-hetero) is 1. The second-order valence-corrected chi connectivity index (χ2v) is 9.04. The fraction of sp³-hybridized carbons (Fsp3) is 0.333. The average Bonchev–Trinajstić information content (AvgIpc) is 2.73. The molecule has 0 unspecified atom stereocenters. The summed E-state index contributed by atoms with van der Waals surface area (Å²) in [4.78, 5) is 23.9. The predicted octanol–water partition coefficient (Wildman–Crippen LogP) is 2.75. The number of carbonyl (C=O) groups excluding carboxylic acids is 2. The van der Waals surface area contributed by atoms with Crippen LogP contribution in [0.1, 0.15) is 35.7 Å². The molecule has 0 radical (unpaired) electrons. The number of benzene rings is 2. The zero-order valence-corrected chi connectivity index (χ0v) is 16.9. The number of halogens is 1. The molecule has 0 saturated carbocycles. The third-order valence-electron chi connectivity index (χ3n) is 5.10. The Morgan fingerprint density at radius 1 is 1.03 bits per heavy atom. The Labute approximate surface area is 169 Å². The zero-order chi connectivity index (χ0) is 21.0. The summed E-state index contributed by atoms with van der Waals surface area (Å²) in [6.07, 6.45) is 0.861. The maximum atomic E-state index is 12.9. The van der Waals surface area contributed by atoms with E-state index in [-0.39, 0.29) is 41.4 Å². The molecule has 1 aliphatic rings. The highest BCUT2D eigenvalue weighted by Gasteiger charge is 2.32. The minimum absolute atomic E-state index is 0.124. The molecule has 0 aliphatic carbocycles. The molecule has 3 rings (SSSR count). The van der Waals surface area contributed by atoms with Crippen molar-refractivity contribution in [1.29, 1.82) is 0 Å². The van der Waals surface area contributed by atoms with Gasteiger partial charge in [-0.15, -0.1) is 0 Å². The van der Waals surface area contributed by atoms with Gasteiger partial charge in [-0.2, -0.15) is 4.31 Å². The maximum absolute atomic E-state index is 12.9. The van der Waals surface area contributed by atoms with Gasteiger partial charge in [-0.25, -0.2) is 12.8 Å². The normalized spacial score (nSPS) is 15.8. The highest BCUT2D eigenvalue weighted by molar-refractivity contribution is 7.89. The van der Waals surface area contributed by atoms with E-state index in [0.29, 0.717) is 24.9 Å². The first kappa shape index (κ1) is 21.1. The molecular weight excluding hydrogens is 395 g/mol. The Morgan fingerprint density at radius 3 is 2.17 bits per heavy atom. The van der Waals surface area contributed by atoms with Crippen molar-refractivity contribution in [3.63, 3.8) is 0 Å². The van der Waals surface area contributed by atoms with E-state index in [0.717, 1.165) is 5.56 Å². The molecule has 1 fully saturated rings. The number of amides is 1. The van der Waals surface area contributed by atoms with Crippen molar-refractivity contribution >= 4 is 21.7 Å². The van der Waals surface area contributed by atoms with Gasteiger partial charge in [0.1, 0.15) is 5.82 Å². The lowest BCUT2D eigenvalue weighted by Crippen LogP contribution is -2.42. The van der Waals surface area contributed by atoms with Gasteiger partial charge in [-0.05, 0) is 49.6 Å². The van der Waals surface area contributed by atoms with Gasteiger partial charge in [0.25, 0.3) is 0 Å². The first-order valence-electron chi connectivity index (χ1n) is 9.40. The van der Waals surface area contributed by atoms with Crippen LogP contribution in [0.5, 0.6) is 0 Å². The van der Waals surface area contributed by atoms with Crippen molar-refractivity contribution in [3.8, 4) is 0 Å². The molecule has 8 heteroatoms. The highest BCUT2D eigenvalue weighted by atomic mass is 32.2. The van der Waals surface area contributed by atoms with Crippen LogP contribution < -0.4 is 5.32 Å². The van der Waals surface area contributed by atoms with Crippen LogP contribution >= 0.6 is 0 Å². The Balaban J connectivity index is 1.55. The van der Waals surface area contributed by atoms with E-state index >= 15 is 0 Å². The summed E-state index contributed by atoms with van der Waals surface area (Å²) < 4.78 is 39.9. The first-order chi connectivity index (χ1) is 13.8. The molecule has 6 nitrogen and oxygen atoms in total. The van der Waals surface area contributed by atoms with Crippen LogP contribution in [0.3, 0.4) is 0 Å². The summed E-state index contributed by atoms with van der Waals surface area (Å²) >= 11 is 0. The van der Waals surface area contributed by atoms with Gasteiger partial charge >= 0.3 is 0 Å². The van der Waals surface area contributed by atoms with Crippen LogP contribution in [0.2, 0.25) is 0 Å². The number of hydrogen-bond acceptors (Lipinski definition) is 4. The predicted molar refractivity (Wildman–Crippen MR) is 106 cm³/mol. The van der Waals surface area contributed by atoms with E-state index in [9.17, 15) is 22.4 Å². The van der Waals surface area contributed by atoms with Crippen molar-refractivity contribution < 1.29 is 22.4 Å². The standard InChI is InChI=1S/C21H23FN2O4S/c1-15(25)17-4-8-20(9-5-17)29(27,28)24-12-10-18(11-13-24)21(26)23-14-16-2-6-19(22)7-3-16/h2-9,18H,10-14H2,1H3,(H,23,26). The van der Waals surface area contributed by atoms with Crippen LogP contribution in [0.25, 0.3) is 0 Å². The zero-order valence-electron chi connectivity index (χ0n) is 16.1. The molecule has 0 atom stereocenters. The number of nitrogens with one attached hydrogen (secondary N) is 1. The van der Waals surface area contributed by atoms with Gasteiger partial charge in [0.2, 0.25) is 15.9 Å². The maximum Gasteiger partial charge on any atom is 0.243 e. The van der Waals surface area contributed by atoms with E-state index < -0.39 is 10.0 Å². The second kappa shape index (κ2) is 8.84. The van der Waals surface area contributed by atoms with Gasteiger partial charge in [-0.3, -0.25) is 9.59 Å². The Morgan fingerprint density at radius 2 is 1.62 bits per heavy atom. The highest BCUT2D eigenvalue weighted by Crippen LogP contribution is 2.24. The van der Waals surface area contributed by atoms with E-state index in [1.807, 2.05) is 0 Å². The van der Waals surface area contributed by atoms with Gasteiger partial charge in [-0.1, -0.05) is 24.3 Å². The lowest BCUT2D eigenvalue weighted by molar-refractivity contribution is -0.126. The smallest absolute Gasteiger partial charge is 0.243 e. The van der Waals surface area contributed by atoms with Crippen molar-refractivity contribution in [3.05, 3.63) is 65.5 Å². The number of sulfonamides is 1. The summed E-state index contributed by atoms with van der Waals surface area (Å²) in [5, 5.41) is 2.83. The summed E-state index contributed by atoms with van der Waals surface area (Å²) in [7, 11) is -3.66. The molecule has 0 bridgehead atoms.